The van der Waals surface area contributed by atoms with E-state index in [0.717, 1.165) is 14.2 Å². The molecule has 19 heavy (non-hydrogen) atoms. The third-order valence-electron chi connectivity index (χ3n) is 2.66. The minimum Gasteiger partial charge on any atom is -0.467 e. The smallest absolute Gasteiger partial charge is 0.131 e. The normalized spacial score (nSPS) is 16.9. The van der Waals surface area contributed by atoms with E-state index in [0.29, 0.717) is 6.61 Å². The van der Waals surface area contributed by atoms with Gasteiger partial charge in [0.2, 0.25) is 0 Å². The van der Waals surface area contributed by atoms with E-state index in [1.54, 1.807) is 18.4 Å². The SMILES string of the molecule is C1=C[CH]([Ti][CH]2C=CC=C2)C=C1.ClOCc1ccco1. The van der Waals surface area contributed by atoms with Gasteiger partial charge in [0, 0.05) is 0 Å². The molecule has 0 saturated heterocycles. The van der Waals surface area contributed by atoms with Crippen molar-refractivity contribution in [3.8, 4) is 0 Å². The molecule has 0 aromatic carbocycles. The molecule has 98 valence electrons. The zero-order chi connectivity index (χ0) is 13.3. The molecular formula is C15H15ClO2Ti. The summed E-state index contributed by atoms with van der Waals surface area (Å²) in [5.41, 5.74) is 0. The van der Waals surface area contributed by atoms with Gasteiger partial charge in [-0.3, -0.25) is 4.29 Å². The van der Waals surface area contributed by atoms with E-state index in [2.05, 4.69) is 52.9 Å². The largest absolute Gasteiger partial charge is 0.467 e. The first kappa shape index (κ1) is 14.6. The topological polar surface area (TPSA) is 22.4 Å². The molecule has 3 rings (SSSR count). The van der Waals surface area contributed by atoms with E-state index in [1.165, 1.54) is 0 Å². The first-order valence-corrected chi connectivity index (χ1v) is 8.21. The quantitative estimate of drug-likeness (QED) is 0.742. The monoisotopic (exact) mass is 310 g/mol. The fraction of sp³-hybridized carbons (Fsp3) is 0.200. The molecule has 0 saturated carbocycles. The number of rotatable bonds is 4. The molecule has 0 aliphatic heterocycles. The van der Waals surface area contributed by atoms with Crippen LogP contribution in [0.4, 0.5) is 0 Å². The van der Waals surface area contributed by atoms with E-state index in [9.17, 15) is 0 Å². The Morgan fingerprint density at radius 1 is 1.05 bits per heavy atom. The van der Waals surface area contributed by atoms with E-state index < -0.39 is 0 Å². The van der Waals surface area contributed by atoms with Crippen molar-refractivity contribution in [2.24, 2.45) is 0 Å². The molecular weight excluding hydrogens is 295 g/mol. The van der Waals surface area contributed by atoms with E-state index in [4.69, 9.17) is 16.3 Å². The molecule has 0 fully saturated rings. The zero-order valence-electron chi connectivity index (χ0n) is 10.4. The van der Waals surface area contributed by atoms with Crippen molar-refractivity contribution in [1.82, 2.24) is 0 Å². The first-order valence-electron chi connectivity index (χ1n) is 6.10. The molecule has 1 heterocycles. The van der Waals surface area contributed by atoms with Crippen LogP contribution >= 0.6 is 11.9 Å². The van der Waals surface area contributed by atoms with Crippen molar-refractivity contribution in [2.75, 3.05) is 0 Å². The van der Waals surface area contributed by atoms with Crippen molar-refractivity contribution in [1.29, 1.82) is 0 Å². The van der Waals surface area contributed by atoms with Crippen molar-refractivity contribution in [3.63, 3.8) is 0 Å². The number of halogens is 1. The average molecular weight is 311 g/mol. The molecule has 0 bridgehead atoms. The van der Waals surface area contributed by atoms with Crippen LogP contribution in [-0.2, 0) is 30.0 Å². The minimum absolute atomic E-state index is 0.139. The van der Waals surface area contributed by atoms with Crippen molar-refractivity contribution < 1.29 is 27.9 Å². The molecule has 0 amide bonds. The summed E-state index contributed by atoms with van der Waals surface area (Å²) < 4.78 is 10.7. The Labute approximate surface area is 127 Å². The van der Waals surface area contributed by atoms with Crippen LogP contribution in [0.3, 0.4) is 0 Å². The van der Waals surface area contributed by atoms with Gasteiger partial charge in [-0.15, -0.1) is 0 Å². The summed E-state index contributed by atoms with van der Waals surface area (Å²) in [5.74, 6) is 0.736. The van der Waals surface area contributed by atoms with Gasteiger partial charge < -0.3 is 4.42 Å². The molecule has 2 aliphatic carbocycles. The van der Waals surface area contributed by atoms with Gasteiger partial charge in [-0.2, -0.15) is 0 Å². The summed E-state index contributed by atoms with van der Waals surface area (Å²) in [7, 11) is 0. The van der Waals surface area contributed by atoms with Crippen molar-refractivity contribution in [3.05, 3.63) is 72.8 Å². The molecule has 0 atom stereocenters. The first-order chi connectivity index (χ1) is 9.38. The molecule has 2 nitrogen and oxygen atoms in total. The predicted molar refractivity (Wildman–Crippen MR) is 73.4 cm³/mol. The number of furan rings is 1. The maximum Gasteiger partial charge on any atom is 0.131 e. The van der Waals surface area contributed by atoms with Crippen LogP contribution in [0.1, 0.15) is 5.76 Å². The third kappa shape index (κ3) is 5.37. The summed E-state index contributed by atoms with van der Waals surface area (Å²) in [4.78, 5) is 0. The van der Waals surface area contributed by atoms with E-state index >= 15 is 0 Å². The molecule has 0 radical (unpaired) electrons. The van der Waals surface area contributed by atoms with Gasteiger partial charge in [-0.25, -0.2) is 0 Å². The maximum absolute atomic E-state index is 4.93. The van der Waals surface area contributed by atoms with Crippen molar-refractivity contribution >= 4 is 11.9 Å². The molecule has 0 N–H and O–H groups in total. The summed E-state index contributed by atoms with van der Waals surface area (Å²) in [6.07, 6.45) is 19.5. The second kappa shape index (κ2) is 8.39. The van der Waals surface area contributed by atoms with Crippen LogP contribution in [0.15, 0.2) is 71.4 Å². The Kier molecular flexibility index (Phi) is 6.45. The third-order valence-corrected chi connectivity index (χ3v) is 5.17. The molecule has 0 unspecified atom stereocenters. The van der Waals surface area contributed by atoms with Gasteiger partial charge in [0.15, 0.2) is 0 Å². The van der Waals surface area contributed by atoms with Gasteiger partial charge in [-0.05, 0) is 12.1 Å². The van der Waals surface area contributed by atoms with Crippen LogP contribution in [0.25, 0.3) is 0 Å². The van der Waals surface area contributed by atoms with Crippen LogP contribution in [-0.4, -0.2) is 0 Å². The average Bonchev–Trinajstić information content (AvgIpc) is 3.12. The number of hydrogen-bond acceptors (Lipinski definition) is 2. The molecule has 0 spiro atoms. The second-order valence-electron chi connectivity index (χ2n) is 4.09. The second-order valence-corrected chi connectivity index (χ2v) is 6.91. The minimum atomic E-state index is 0.139. The van der Waals surface area contributed by atoms with Crippen LogP contribution < -0.4 is 0 Å². The Morgan fingerprint density at radius 2 is 1.63 bits per heavy atom. The van der Waals surface area contributed by atoms with Gasteiger partial charge in [0.05, 0.1) is 18.1 Å². The molecule has 4 heteroatoms. The van der Waals surface area contributed by atoms with E-state index in [1.807, 2.05) is 0 Å². The Hall–Kier alpha value is -0.796. The molecule has 1 aromatic heterocycles. The maximum atomic E-state index is 4.93. The van der Waals surface area contributed by atoms with Crippen molar-refractivity contribution in [2.45, 2.75) is 15.1 Å². The van der Waals surface area contributed by atoms with Gasteiger partial charge in [0.25, 0.3) is 0 Å². The fourth-order valence-corrected chi connectivity index (χ4v) is 3.95. The summed E-state index contributed by atoms with van der Waals surface area (Å²) in [6, 6.07) is 3.58. The molecule has 1 aromatic rings. The van der Waals surface area contributed by atoms with E-state index in [-0.39, 0.29) is 19.2 Å². The predicted octanol–water partition coefficient (Wildman–Crippen LogP) is 4.85. The molecule has 2 aliphatic rings. The number of allylic oxidation sites excluding steroid dienone is 8. The van der Waals surface area contributed by atoms with Gasteiger partial charge in [-0.1, -0.05) is 0 Å². The van der Waals surface area contributed by atoms with Crippen LogP contribution in [0, 0.1) is 0 Å². The van der Waals surface area contributed by atoms with Crippen LogP contribution in [0.5, 0.6) is 0 Å². The Bertz CT molecular complexity index is 424. The fourth-order valence-electron chi connectivity index (χ4n) is 1.76. The standard InChI is InChI=1S/C5H5ClO2.2C5H5.Ti/c6-8-4-5-2-1-3-7-5;2*1-2-4-5-3-1;/h1-3H,4H2;2*1-5H;. The Balaban J connectivity index is 0.000000148. The van der Waals surface area contributed by atoms with Gasteiger partial charge >= 0.3 is 76.2 Å². The summed E-state index contributed by atoms with van der Waals surface area (Å²) in [6.45, 7) is 0.328. The Morgan fingerprint density at radius 3 is 2.05 bits per heavy atom. The zero-order valence-corrected chi connectivity index (χ0v) is 12.7. The summed E-state index contributed by atoms with van der Waals surface area (Å²) in [5, 5.41) is 0. The number of hydrogen-bond donors (Lipinski definition) is 0. The van der Waals surface area contributed by atoms with Gasteiger partial charge in [0.1, 0.15) is 12.4 Å². The van der Waals surface area contributed by atoms with Crippen LogP contribution in [0.2, 0.25) is 8.45 Å². The summed E-state index contributed by atoms with van der Waals surface area (Å²) >= 11 is 5.07.